The minimum Gasteiger partial charge on any atom is -0.383 e. The molecule has 0 aliphatic rings. The van der Waals surface area contributed by atoms with E-state index in [1.165, 1.54) is 0 Å². The summed E-state index contributed by atoms with van der Waals surface area (Å²) in [6.07, 6.45) is 1.84. The van der Waals surface area contributed by atoms with Gasteiger partial charge in [-0.3, -0.25) is 14.8 Å². The van der Waals surface area contributed by atoms with E-state index in [1.54, 1.807) is 11.8 Å². The molecule has 1 amide bonds. The van der Waals surface area contributed by atoms with Gasteiger partial charge in [0.05, 0.1) is 12.3 Å². The van der Waals surface area contributed by atoms with Crippen molar-refractivity contribution in [1.82, 2.24) is 15.1 Å². The van der Waals surface area contributed by atoms with Crippen LogP contribution in [0.5, 0.6) is 0 Å². The molecule has 1 aromatic rings. The van der Waals surface area contributed by atoms with E-state index in [0.717, 1.165) is 11.3 Å². The number of methoxy groups -OCH3 is 1. The van der Waals surface area contributed by atoms with Gasteiger partial charge in [-0.15, -0.1) is 0 Å². The average molecular weight is 268 g/mol. The van der Waals surface area contributed by atoms with Crippen LogP contribution < -0.4 is 11.1 Å². The lowest BCUT2D eigenvalue weighted by Crippen LogP contribution is -2.36. The Hall–Kier alpha value is -1.40. The van der Waals surface area contributed by atoms with Gasteiger partial charge in [-0.2, -0.15) is 5.10 Å². The molecule has 1 heterocycles. The van der Waals surface area contributed by atoms with Crippen molar-refractivity contribution in [3.63, 3.8) is 0 Å². The highest BCUT2D eigenvalue weighted by Crippen LogP contribution is 2.28. The Labute approximate surface area is 114 Å². The first-order chi connectivity index (χ1) is 8.77. The van der Waals surface area contributed by atoms with Gasteiger partial charge in [-0.05, 0) is 0 Å². The number of amides is 1. The molecule has 0 spiro atoms. The van der Waals surface area contributed by atoms with Crippen molar-refractivity contribution in [3.8, 4) is 0 Å². The molecule has 1 unspecified atom stereocenters. The monoisotopic (exact) mass is 268 g/mol. The zero-order chi connectivity index (χ0) is 14.6. The lowest BCUT2D eigenvalue weighted by Gasteiger charge is -2.21. The Kier molecular flexibility index (Phi) is 5.08. The van der Waals surface area contributed by atoms with Crippen molar-refractivity contribution in [2.75, 3.05) is 20.3 Å². The van der Waals surface area contributed by atoms with Crippen LogP contribution in [-0.4, -0.2) is 35.9 Å². The lowest BCUT2D eigenvalue weighted by atomic mass is 9.87. The summed E-state index contributed by atoms with van der Waals surface area (Å²) in [5.74, 6) is -0.408. The molecule has 0 saturated heterocycles. The minimum absolute atomic E-state index is 0.146. The molecular weight excluding hydrogens is 244 g/mol. The zero-order valence-electron chi connectivity index (χ0n) is 12.4. The van der Waals surface area contributed by atoms with Gasteiger partial charge in [0.15, 0.2) is 0 Å². The molecule has 0 aromatic carbocycles. The highest BCUT2D eigenvalue weighted by atomic mass is 16.5. The average Bonchev–Trinajstić information content (AvgIpc) is 2.65. The molecule has 0 saturated carbocycles. The maximum absolute atomic E-state index is 11.7. The molecule has 1 atom stereocenters. The predicted octanol–water partition coefficient (Wildman–Crippen LogP) is 0.480. The van der Waals surface area contributed by atoms with Gasteiger partial charge >= 0.3 is 0 Å². The van der Waals surface area contributed by atoms with E-state index in [1.807, 2.05) is 13.2 Å². The van der Waals surface area contributed by atoms with Crippen LogP contribution in [0.1, 0.15) is 38.1 Å². The van der Waals surface area contributed by atoms with Crippen molar-refractivity contribution in [2.45, 2.75) is 32.2 Å². The number of hydrogen-bond acceptors (Lipinski definition) is 4. The summed E-state index contributed by atoms with van der Waals surface area (Å²) in [5.41, 5.74) is 7.06. The van der Waals surface area contributed by atoms with E-state index < -0.39 is 11.9 Å². The Morgan fingerprint density at radius 3 is 2.68 bits per heavy atom. The number of nitrogens with zero attached hydrogens (tertiary/aromatic N) is 2. The first-order valence-electron chi connectivity index (χ1n) is 6.33. The van der Waals surface area contributed by atoms with E-state index in [4.69, 9.17) is 10.5 Å². The summed E-state index contributed by atoms with van der Waals surface area (Å²) in [6, 6.07) is -0.543. The van der Waals surface area contributed by atoms with Gasteiger partial charge < -0.3 is 10.5 Å². The summed E-state index contributed by atoms with van der Waals surface area (Å²) in [4.78, 5) is 11.7. The lowest BCUT2D eigenvalue weighted by molar-refractivity contribution is -0.120. The van der Waals surface area contributed by atoms with Crippen LogP contribution in [0.4, 0.5) is 0 Å². The number of aromatic nitrogens is 2. The summed E-state index contributed by atoms with van der Waals surface area (Å²) in [7, 11) is 3.46. The Morgan fingerprint density at radius 1 is 1.58 bits per heavy atom. The second-order valence-corrected chi connectivity index (χ2v) is 5.64. The van der Waals surface area contributed by atoms with Crippen LogP contribution in [0.15, 0.2) is 6.20 Å². The van der Waals surface area contributed by atoms with E-state index >= 15 is 0 Å². The standard InChI is InChI=1S/C13H24N4O2/c1-13(2,3)11-9(8-17(4)16-11)10(12(14)18)15-6-7-19-5/h8,10,15H,6-7H2,1-5H3,(H2,14,18). The van der Waals surface area contributed by atoms with E-state index in [9.17, 15) is 4.79 Å². The van der Waals surface area contributed by atoms with Crippen LogP contribution in [0.25, 0.3) is 0 Å². The summed E-state index contributed by atoms with van der Waals surface area (Å²) in [5, 5.41) is 7.56. The smallest absolute Gasteiger partial charge is 0.239 e. The molecule has 1 rings (SSSR count). The molecule has 0 bridgehead atoms. The maximum atomic E-state index is 11.7. The maximum Gasteiger partial charge on any atom is 0.239 e. The van der Waals surface area contributed by atoms with Gasteiger partial charge in [0.1, 0.15) is 6.04 Å². The third-order valence-corrected chi connectivity index (χ3v) is 2.82. The SMILES string of the molecule is COCCNC(C(N)=O)c1cn(C)nc1C(C)(C)C. The molecule has 108 valence electrons. The number of nitrogens with two attached hydrogens (primary N) is 1. The molecule has 1 aromatic heterocycles. The van der Waals surface area contributed by atoms with Crippen molar-refractivity contribution < 1.29 is 9.53 Å². The third-order valence-electron chi connectivity index (χ3n) is 2.82. The largest absolute Gasteiger partial charge is 0.383 e. The van der Waals surface area contributed by atoms with Crippen molar-refractivity contribution >= 4 is 5.91 Å². The fourth-order valence-electron chi connectivity index (χ4n) is 1.97. The number of carbonyl (C=O) groups excluding carboxylic acids is 1. The quantitative estimate of drug-likeness (QED) is 0.735. The highest BCUT2D eigenvalue weighted by Gasteiger charge is 2.29. The van der Waals surface area contributed by atoms with Crippen LogP contribution in [0, 0.1) is 0 Å². The fraction of sp³-hybridized carbons (Fsp3) is 0.692. The molecule has 0 fully saturated rings. The minimum atomic E-state index is -0.543. The van der Waals surface area contributed by atoms with Crippen LogP contribution in [0.3, 0.4) is 0 Å². The van der Waals surface area contributed by atoms with E-state index in [0.29, 0.717) is 13.2 Å². The Morgan fingerprint density at radius 2 is 2.21 bits per heavy atom. The summed E-state index contributed by atoms with van der Waals surface area (Å²) < 4.78 is 6.69. The van der Waals surface area contributed by atoms with Crippen LogP contribution in [0.2, 0.25) is 0 Å². The van der Waals surface area contributed by atoms with Gasteiger partial charge in [0.2, 0.25) is 5.91 Å². The molecule has 3 N–H and O–H groups in total. The second kappa shape index (κ2) is 6.16. The molecule has 0 aliphatic heterocycles. The van der Waals surface area contributed by atoms with Crippen LogP contribution >= 0.6 is 0 Å². The van der Waals surface area contributed by atoms with Gasteiger partial charge in [-0.25, -0.2) is 0 Å². The van der Waals surface area contributed by atoms with Crippen molar-refractivity contribution in [3.05, 3.63) is 17.5 Å². The number of carbonyl (C=O) groups is 1. The van der Waals surface area contributed by atoms with Crippen molar-refractivity contribution in [1.29, 1.82) is 0 Å². The number of ether oxygens (including phenoxy) is 1. The third kappa shape index (κ3) is 4.04. The number of primary amides is 1. The number of hydrogen-bond donors (Lipinski definition) is 2. The summed E-state index contributed by atoms with van der Waals surface area (Å²) >= 11 is 0. The number of aryl methyl sites for hydroxylation is 1. The van der Waals surface area contributed by atoms with Crippen molar-refractivity contribution in [2.24, 2.45) is 12.8 Å². The van der Waals surface area contributed by atoms with Gasteiger partial charge in [-0.1, -0.05) is 20.8 Å². The topological polar surface area (TPSA) is 82.2 Å². The number of nitrogens with one attached hydrogen (secondary N) is 1. The fourth-order valence-corrected chi connectivity index (χ4v) is 1.97. The Bertz CT molecular complexity index is 434. The molecular formula is C13H24N4O2. The zero-order valence-corrected chi connectivity index (χ0v) is 12.4. The molecule has 6 heteroatoms. The van der Waals surface area contributed by atoms with Crippen LogP contribution in [-0.2, 0) is 22.0 Å². The molecule has 0 aliphatic carbocycles. The second-order valence-electron chi connectivity index (χ2n) is 5.64. The van der Waals surface area contributed by atoms with E-state index in [-0.39, 0.29) is 5.41 Å². The molecule has 19 heavy (non-hydrogen) atoms. The first-order valence-corrected chi connectivity index (χ1v) is 6.33. The van der Waals surface area contributed by atoms with Gasteiger partial charge in [0.25, 0.3) is 0 Å². The normalized spacial score (nSPS) is 13.5. The molecule has 0 radical (unpaired) electrons. The summed E-state index contributed by atoms with van der Waals surface area (Å²) in [6.45, 7) is 7.27. The highest BCUT2D eigenvalue weighted by molar-refractivity contribution is 5.81. The number of rotatable bonds is 6. The van der Waals surface area contributed by atoms with Gasteiger partial charge in [0, 0.05) is 37.9 Å². The Balaban J connectivity index is 3.05. The van der Waals surface area contributed by atoms with E-state index in [2.05, 4.69) is 31.2 Å². The first kappa shape index (κ1) is 15.7. The predicted molar refractivity (Wildman–Crippen MR) is 73.7 cm³/mol. The molecule has 6 nitrogen and oxygen atoms in total.